The Labute approximate surface area is 171 Å². The highest BCUT2D eigenvalue weighted by Gasteiger charge is 2.35. The summed E-state index contributed by atoms with van der Waals surface area (Å²) in [7, 11) is 0. The van der Waals surface area contributed by atoms with Gasteiger partial charge >= 0.3 is 0 Å². The van der Waals surface area contributed by atoms with Crippen molar-refractivity contribution in [3.8, 4) is 6.07 Å². The standard InChI is InChI=1S/C25H25N3O/c26-18-25(15-6-7-16-25)28-23(29)17-27-24(20-10-2-1-3-11-20)22-14-8-12-19-9-4-5-13-21(19)22/h1-5,8-14,24,27H,6-7,15-17H2,(H,28,29). The molecule has 146 valence electrons. The lowest BCUT2D eigenvalue weighted by Crippen LogP contribution is -2.48. The van der Waals surface area contributed by atoms with E-state index < -0.39 is 5.54 Å². The Hall–Kier alpha value is -3.16. The van der Waals surface area contributed by atoms with Crippen molar-refractivity contribution in [1.82, 2.24) is 10.6 Å². The van der Waals surface area contributed by atoms with Crippen LogP contribution in [0.5, 0.6) is 0 Å². The fourth-order valence-electron chi connectivity index (χ4n) is 4.30. The zero-order chi connectivity index (χ0) is 20.1. The van der Waals surface area contributed by atoms with Gasteiger partial charge in [0.1, 0.15) is 5.54 Å². The van der Waals surface area contributed by atoms with Crippen molar-refractivity contribution in [2.45, 2.75) is 37.3 Å². The summed E-state index contributed by atoms with van der Waals surface area (Å²) in [5.74, 6) is -0.130. The third-order valence-electron chi connectivity index (χ3n) is 5.78. The van der Waals surface area contributed by atoms with Crippen molar-refractivity contribution in [2.75, 3.05) is 6.54 Å². The minimum absolute atomic E-state index is 0.116. The van der Waals surface area contributed by atoms with E-state index in [2.05, 4.69) is 59.2 Å². The summed E-state index contributed by atoms with van der Waals surface area (Å²) in [6.45, 7) is 0.159. The molecule has 1 atom stereocenters. The molecule has 0 heterocycles. The van der Waals surface area contributed by atoms with E-state index in [0.29, 0.717) is 0 Å². The number of amides is 1. The average Bonchev–Trinajstić information content (AvgIpc) is 3.23. The molecule has 1 unspecified atom stereocenters. The number of nitriles is 1. The maximum atomic E-state index is 12.7. The summed E-state index contributed by atoms with van der Waals surface area (Å²) in [5.41, 5.74) is 1.55. The molecule has 0 aliphatic heterocycles. The molecule has 1 aliphatic carbocycles. The summed E-state index contributed by atoms with van der Waals surface area (Å²) in [4.78, 5) is 12.7. The molecule has 0 aromatic heterocycles. The third kappa shape index (κ3) is 4.16. The lowest BCUT2D eigenvalue weighted by atomic mass is 9.93. The molecule has 2 N–H and O–H groups in total. The van der Waals surface area contributed by atoms with Crippen LogP contribution in [0.15, 0.2) is 72.8 Å². The van der Waals surface area contributed by atoms with Gasteiger partial charge in [0.2, 0.25) is 5.91 Å². The van der Waals surface area contributed by atoms with Crippen LogP contribution in [-0.4, -0.2) is 18.0 Å². The smallest absolute Gasteiger partial charge is 0.235 e. The Morgan fingerprint density at radius 3 is 2.41 bits per heavy atom. The van der Waals surface area contributed by atoms with Gasteiger partial charge in [0.25, 0.3) is 0 Å². The Bertz CT molecular complexity index is 1030. The molecular formula is C25H25N3O. The third-order valence-corrected chi connectivity index (χ3v) is 5.78. The van der Waals surface area contributed by atoms with Crippen LogP contribution in [0.3, 0.4) is 0 Å². The molecule has 4 rings (SSSR count). The highest BCUT2D eigenvalue weighted by Crippen LogP contribution is 2.30. The molecule has 1 aliphatic rings. The number of benzene rings is 3. The monoisotopic (exact) mass is 383 g/mol. The van der Waals surface area contributed by atoms with Crippen molar-refractivity contribution in [2.24, 2.45) is 0 Å². The van der Waals surface area contributed by atoms with Gasteiger partial charge in [0.05, 0.1) is 18.7 Å². The predicted octanol–water partition coefficient (Wildman–Crippen LogP) is 4.47. The molecule has 3 aromatic carbocycles. The molecule has 0 bridgehead atoms. The van der Waals surface area contributed by atoms with Crippen LogP contribution in [0.2, 0.25) is 0 Å². The fraction of sp³-hybridized carbons (Fsp3) is 0.280. The first-order valence-electron chi connectivity index (χ1n) is 10.2. The fourth-order valence-corrected chi connectivity index (χ4v) is 4.30. The molecule has 0 saturated heterocycles. The van der Waals surface area contributed by atoms with Crippen molar-refractivity contribution in [3.63, 3.8) is 0 Å². The first-order valence-corrected chi connectivity index (χ1v) is 10.2. The second-order valence-corrected chi connectivity index (χ2v) is 7.74. The van der Waals surface area contributed by atoms with Gasteiger partial charge in [0.15, 0.2) is 0 Å². The molecule has 4 heteroatoms. The van der Waals surface area contributed by atoms with E-state index in [-0.39, 0.29) is 18.5 Å². The van der Waals surface area contributed by atoms with Gasteiger partial charge in [0, 0.05) is 0 Å². The van der Waals surface area contributed by atoms with Crippen LogP contribution < -0.4 is 10.6 Å². The Balaban J connectivity index is 1.59. The molecule has 3 aromatic rings. The van der Waals surface area contributed by atoms with E-state index in [1.54, 1.807) is 0 Å². The average molecular weight is 383 g/mol. The lowest BCUT2D eigenvalue weighted by Gasteiger charge is -2.25. The Kier molecular flexibility index (Phi) is 5.59. The van der Waals surface area contributed by atoms with Gasteiger partial charge in [-0.2, -0.15) is 5.26 Å². The summed E-state index contributed by atoms with van der Waals surface area (Å²) in [5, 5.41) is 18.3. The van der Waals surface area contributed by atoms with Crippen molar-refractivity contribution < 1.29 is 4.79 Å². The number of hydrogen-bond acceptors (Lipinski definition) is 3. The zero-order valence-corrected chi connectivity index (χ0v) is 16.4. The van der Waals surface area contributed by atoms with Crippen LogP contribution in [0.25, 0.3) is 10.8 Å². The van der Waals surface area contributed by atoms with Gasteiger partial charge < -0.3 is 5.32 Å². The van der Waals surface area contributed by atoms with Gasteiger partial charge in [-0.05, 0) is 47.6 Å². The van der Waals surface area contributed by atoms with Crippen LogP contribution in [-0.2, 0) is 4.79 Å². The number of nitrogens with zero attached hydrogens (tertiary/aromatic N) is 1. The predicted molar refractivity (Wildman–Crippen MR) is 115 cm³/mol. The highest BCUT2D eigenvalue weighted by molar-refractivity contribution is 5.86. The van der Waals surface area contributed by atoms with Gasteiger partial charge in [-0.15, -0.1) is 0 Å². The maximum Gasteiger partial charge on any atom is 0.235 e. The second-order valence-electron chi connectivity index (χ2n) is 7.74. The van der Waals surface area contributed by atoms with Gasteiger partial charge in [-0.25, -0.2) is 0 Å². The quantitative estimate of drug-likeness (QED) is 0.660. The summed E-state index contributed by atoms with van der Waals surface area (Å²) < 4.78 is 0. The molecule has 29 heavy (non-hydrogen) atoms. The van der Waals surface area contributed by atoms with Crippen LogP contribution in [0, 0.1) is 11.3 Å². The first kappa shape index (κ1) is 19.2. The highest BCUT2D eigenvalue weighted by atomic mass is 16.2. The van der Waals surface area contributed by atoms with E-state index in [9.17, 15) is 10.1 Å². The van der Waals surface area contributed by atoms with E-state index in [1.165, 1.54) is 10.8 Å². The normalized spacial score (nSPS) is 16.2. The van der Waals surface area contributed by atoms with Gasteiger partial charge in [-0.3, -0.25) is 10.1 Å². The largest absolute Gasteiger partial charge is 0.337 e. The van der Waals surface area contributed by atoms with Crippen LogP contribution in [0.4, 0.5) is 0 Å². The molecular weight excluding hydrogens is 358 g/mol. The number of rotatable bonds is 6. The maximum absolute atomic E-state index is 12.7. The number of carbonyl (C=O) groups is 1. The molecule has 1 saturated carbocycles. The lowest BCUT2D eigenvalue weighted by molar-refractivity contribution is -0.121. The second kappa shape index (κ2) is 8.46. The topological polar surface area (TPSA) is 64.9 Å². The van der Waals surface area contributed by atoms with Crippen molar-refractivity contribution >= 4 is 16.7 Å². The van der Waals surface area contributed by atoms with E-state index in [0.717, 1.165) is 36.8 Å². The number of carbonyl (C=O) groups excluding carboxylic acids is 1. The molecule has 1 amide bonds. The molecule has 0 spiro atoms. The summed E-state index contributed by atoms with van der Waals surface area (Å²) in [6, 6.07) is 26.9. The van der Waals surface area contributed by atoms with Gasteiger partial charge in [-0.1, -0.05) is 72.8 Å². The molecule has 1 fully saturated rings. The summed E-state index contributed by atoms with van der Waals surface area (Å²) in [6.07, 6.45) is 3.45. The van der Waals surface area contributed by atoms with E-state index in [1.807, 2.05) is 30.3 Å². The number of hydrogen-bond donors (Lipinski definition) is 2. The minimum atomic E-state index is -0.694. The zero-order valence-electron chi connectivity index (χ0n) is 16.4. The Morgan fingerprint density at radius 1 is 0.966 bits per heavy atom. The number of fused-ring (bicyclic) bond motifs is 1. The Morgan fingerprint density at radius 2 is 1.66 bits per heavy atom. The van der Waals surface area contributed by atoms with Crippen molar-refractivity contribution in [1.29, 1.82) is 5.26 Å². The van der Waals surface area contributed by atoms with E-state index >= 15 is 0 Å². The molecule has 4 nitrogen and oxygen atoms in total. The van der Waals surface area contributed by atoms with Crippen LogP contribution >= 0.6 is 0 Å². The van der Waals surface area contributed by atoms with Crippen molar-refractivity contribution in [3.05, 3.63) is 83.9 Å². The van der Waals surface area contributed by atoms with E-state index in [4.69, 9.17) is 0 Å². The molecule has 0 radical (unpaired) electrons. The number of nitrogens with one attached hydrogen (secondary N) is 2. The SMILES string of the molecule is N#CC1(NC(=O)CNC(c2ccccc2)c2cccc3ccccc23)CCCC1. The first-order chi connectivity index (χ1) is 14.2. The summed E-state index contributed by atoms with van der Waals surface area (Å²) >= 11 is 0. The van der Waals surface area contributed by atoms with Crippen LogP contribution in [0.1, 0.15) is 42.9 Å². The minimum Gasteiger partial charge on any atom is -0.337 e.